The van der Waals surface area contributed by atoms with Gasteiger partial charge in [-0.2, -0.15) is 0 Å². The van der Waals surface area contributed by atoms with Crippen LogP contribution in [-0.4, -0.2) is 19.1 Å². The molecule has 1 amide bonds. The molecule has 152 valence electrons. The fourth-order valence-electron chi connectivity index (χ4n) is 2.76. The molecule has 2 N–H and O–H groups in total. The molecule has 0 bridgehead atoms. The SMILES string of the molecule is CCCOc1ccc(CNc2cccc(NC(=O)CC(C)C)c2)cc1OCC. The fraction of sp³-hybridized carbons (Fsp3) is 0.435. The van der Waals surface area contributed by atoms with E-state index >= 15 is 0 Å². The molecule has 0 fully saturated rings. The van der Waals surface area contributed by atoms with Crippen LogP contribution in [0.1, 0.15) is 46.1 Å². The first-order valence-electron chi connectivity index (χ1n) is 10.0. The molecule has 0 aliphatic heterocycles. The van der Waals surface area contributed by atoms with Crippen molar-refractivity contribution in [1.82, 2.24) is 0 Å². The van der Waals surface area contributed by atoms with Crippen LogP contribution in [0.2, 0.25) is 0 Å². The third-order valence-electron chi connectivity index (χ3n) is 4.01. The van der Waals surface area contributed by atoms with Crippen LogP contribution in [0.25, 0.3) is 0 Å². The van der Waals surface area contributed by atoms with E-state index < -0.39 is 0 Å². The Hall–Kier alpha value is -2.69. The average molecular weight is 385 g/mol. The summed E-state index contributed by atoms with van der Waals surface area (Å²) in [6.07, 6.45) is 1.48. The summed E-state index contributed by atoms with van der Waals surface area (Å²) in [5.41, 5.74) is 2.85. The summed E-state index contributed by atoms with van der Waals surface area (Å²) in [4.78, 5) is 12.0. The van der Waals surface area contributed by atoms with Crippen LogP contribution in [-0.2, 0) is 11.3 Å². The highest BCUT2D eigenvalue weighted by Gasteiger charge is 2.08. The Morgan fingerprint density at radius 3 is 2.50 bits per heavy atom. The third kappa shape index (κ3) is 7.14. The van der Waals surface area contributed by atoms with Crippen molar-refractivity contribution in [1.29, 1.82) is 0 Å². The minimum absolute atomic E-state index is 0.0381. The van der Waals surface area contributed by atoms with Gasteiger partial charge >= 0.3 is 0 Å². The summed E-state index contributed by atoms with van der Waals surface area (Å²) in [5, 5.41) is 6.35. The molecule has 0 saturated heterocycles. The minimum Gasteiger partial charge on any atom is -0.490 e. The summed E-state index contributed by atoms with van der Waals surface area (Å²) >= 11 is 0. The highest BCUT2D eigenvalue weighted by atomic mass is 16.5. The normalized spacial score (nSPS) is 10.6. The molecule has 0 aliphatic rings. The van der Waals surface area contributed by atoms with Gasteiger partial charge in [-0.3, -0.25) is 4.79 Å². The molecule has 28 heavy (non-hydrogen) atoms. The van der Waals surface area contributed by atoms with Crippen molar-refractivity contribution in [2.45, 2.75) is 47.1 Å². The molecular weight excluding hydrogens is 352 g/mol. The number of amides is 1. The molecule has 5 heteroatoms. The van der Waals surface area contributed by atoms with Crippen LogP contribution in [0.4, 0.5) is 11.4 Å². The molecule has 5 nitrogen and oxygen atoms in total. The van der Waals surface area contributed by atoms with Crippen molar-refractivity contribution < 1.29 is 14.3 Å². The van der Waals surface area contributed by atoms with Crippen molar-refractivity contribution in [3.63, 3.8) is 0 Å². The predicted octanol–water partition coefficient (Wildman–Crippen LogP) is 5.47. The van der Waals surface area contributed by atoms with Gasteiger partial charge in [-0.25, -0.2) is 0 Å². The molecule has 0 unspecified atom stereocenters. The smallest absolute Gasteiger partial charge is 0.224 e. The van der Waals surface area contributed by atoms with Crippen LogP contribution >= 0.6 is 0 Å². The van der Waals surface area contributed by atoms with Crippen molar-refractivity contribution in [3.8, 4) is 11.5 Å². The molecule has 2 rings (SSSR count). The van der Waals surface area contributed by atoms with Gasteiger partial charge in [-0.05, 0) is 55.2 Å². The standard InChI is InChI=1S/C23H32N2O3/c1-5-12-28-21-11-10-18(14-22(21)27-6-2)16-24-19-8-7-9-20(15-19)25-23(26)13-17(3)4/h7-11,14-15,17,24H,5-6,12-13,16H2,1-4H3,(H,25,26). The molecule has 0 atom stereocenters. The molecule has 2 aromatic rings. The number of carbonyl (C=O) groups is 1. The lowest BCUT2D eigenvalue weighted by molar-refractivity contribution is -0.116. The topological polar surface area (TPSA) is 59.6 Å². The zero-order valence-corrected chi connectivity index (χ0v) is 17.4. The van der Waals surface area contributed by atoms with Crippen LogP contribution < -0.4 is 20.1 Å². The quantitative estimate of drug-likeness (QED) is 0.539. The molecule has 0 saturated carbocycles. The van der Waals surface area contributed by atoms with Gasteiger partial charge in [-0.15, -0.1) is 0 Å². The van der Waals surface area contributed by atoms with Crippen LogP contribution in [0.5, 0.6) is 11.5 Å². The zero-order chi connectivity index (χ0) is 20.4. The van der Waals surface area contributed by atoms with Crippen LogP contribution in [0.3, 0.4) is 0 Å². The number of nitrogens with one attached hydrogen (secondary N) is 2. The second-order valence-electron chi connectivity index (χ2n) is 7.14. The highest BCUT2D eigenvalue weighted by Crippen LogP contribution is 2.29. The van der Waals surface area contributed by atoms with E-state index in [1.807, 2.05) is 63.2 Å². The summed E-state index contributed by atoms with van der Waals surface area (Å²) in [7, 11) is 0. The fourth-order valence-corrected chi connectivity index (χ4v) is 2.76. The second-order valence-corrected chi connectivity index (χ2v) is 7.14. The molecule has 0 radical (unpaired) electrons. The first-order valence-corrected chi connectivity index (χ1v) is 10.0. The Bertz CT molecular complexity index is 759. The number of carbonyl (C=O) groups excluding carboxylic acids is 1. The van der Waals surface area contributed by atoms with E-state index in [-0.39, 0.29) is 5.91 Å². The number of hydrogen-bond acceptors (Lipinski definition) is 4. The maximum Gasteiger partial charge on any atom is 0.224 e. The Balaban J connectivity index is 2.00. The van der Waals surface area contributed by atoms with Gasteiger partial charge < -0.3 is 20.1 Å². The number of ether oxygens (including phenoxy) is 2. The third-order valence-corrected chi connectivity index (χ3v) is 4.01. The molecule has 2 aromatic carbocycles. The highest BCUT2D eigenvalue weighted by molar-refractivity contribution is 5.91. The van der Waals surface area contributed by atoms with E-state index in [1.165, 1.54) is 0 Å². The maximum absolute atomic E-state index is 12.0. The number of hydrogen-bond donors (Lipinski definition) is 2. The lowest BCUT2D eigenvalue weighted by atomic mass is 10.1. The number of anilines is 2. The van der Waals surface area contributed by atoms with Crippen molar-refractivity contribution >= 4 is 17.3 Å². The Morgan fingerprint density at radius 2 is 1.79 bits per heavy atom. The monoisotopic (exact) mass is 384 g/mol. The van der Waals surface area contributed by atoms with Crippen molar-refractivity contribution in [3.05, 3.63) is 48.0 Å². The van der Waals surface area contributed by atoms with Gasteiger partial charge in [0.2, 0.25) is 5.91 Å². The number of benzene rings is 2. The maximum atomic E-state index is 12.0. The Kier molecular flexibility index (Phi) is 8.66. The molecule has 0 aliphatic carbocycles. The molecular formula is C23H32N2O3. The summed E-state index contributed by atoms with van der Waals surface area (Å²) < 4.78 is 11.5. The first-order chi connectivity index (χ1) is 13.5. The van der Waals surface area contributed by atoms with Gasteiger partial charge in [0.25, 0.3) is 0 Å². The lowest BCUT2D eigenvalue weighted by Crippen LogP contribution is -2.13. The van der Waals surface area contributed by atoms with Crippen molar-refractivity contribution in [2.75, 3.05) is 23.8 Å². The van der Waals surface area contributed by atoms with Gasteiger partial charge in [0.05, 0.1) is 13.2 Å². The largest absolute Gasteiger partial charge is 0.490 e. The van der Waals surface area contributed by atoms with Gasteiger partial charge in [0.15, 0.2) is 11.5 Å². The van der Waals surface area contributed by atoms with E-state index in [2.05, 4.69) is 17.6 Å². The van der Waals surface area contributed by atoms with Gasteiger partial charge in [0.1, 0.15) is 0 Å². The van der Waals surface area contributed by atoms with Crippen LogP contribution in [0, 0.1) is 5.92 Å². The summed E-state index contributed by atoms with van der Waals surface area (Å²) in [5.74, 6) is 1.92. The van der Waals surface area contributed by atoms with E-state index in [9.17, 15) is 4.79 Å². The van der Waals surface area contributed by atoms with E-state index in [0.717, 1.165) is 34.9 Å². The van der Waals surface area contributed by atoms with Crippen molar-refractivity contribution in [2.24, 2.45) is 5.92 Å². The average Bonchev–Trinajstić information content (AvgIpc) is 2.65. The van der Waals surface area contributed by atoms with Gasteiger partial charge in [0, 0.05) is 24.3 Å². The lowest BCUT2D eigenvalue weighted by Gasteiger charge is -2.14. The Morgan fingerprint density at radius 1 is 1.00 bits per heavy atom. The van der Waals surface area contributed by atoms with Gasteiger partial charge in [-0.1, -0.05) is 32.9 Å². The minimum atomic E-state index is 0.0381. The van der Waals surface area contributed by atoms with Crippen LogP contribution in [0.15, 0.2) is 42.5 Å². The first kappa shape index (κ1) is 21.6. The summed E-state index contributed by atoms with van der Waals surface area (Å²) in [6, 6.07) is 13.8. The Labute approximate surface area is 168 Å². The molecule has 0 aromatic heterocycles. The second kappa shape index (κ2) is 11.2. The van der Waals surface area contributed by atoms with E-state index in [0.29, 0.717) is 32.1 Å². The predicted molar refractivity (Wildman–Crippen MR) is 115 cm³/mol. The molecule has 0 heterocycles. The zero-order valence-electron chi connectivity index (χ0n) is 17.4. The van der Waals surface area contributed by atoms with E-state index in [4.69, 9.17) is 9.47 Å². The van der Waals surface area contributed by atoms with E-state index in [1.54, 1.807) is 0 Å². The number of rotatable bonds is 11. The molecule has 0 spiro atoms. The summed E-state index contributed by atoms with van der Waals surface area (Å²) in [6.45, 7) is 10.0.